The predicted molar refractivity (Wildman–Crippen MR) is 55.0 cm³/mol. The van der Waals surface area contributed by atoms with E-state index in [2.05, 4.69) is 4.74 Å². The SMILES string of the molecule is O=CO.O[C@H]1CCc2c(OC(F)F)cccc21. The molecule has 1 atom stereocenters. The number of ether oxygens (including phenoxy) is 1. The largest absolute Gasteiger partial charge is 0.483 e. The third kappa shape index (κ3) is 3.39. The van der Waals surface area contributed by atoms with E-state index in [9.17, 15) is 13.9 Å². The summed E-state index contributed by atoms with van der Waals surface area (Å²) < 4.78 is 28.4. The molecular weight excluding hydrogens is 234 g/mol. The number of aliphatic hydroxyl groups excluding tert-OH is 1. The molecule has 0 bridgehead atoms. The maximum absolute atomic E-state index is 12.0. The van der Waals surface area contributed by atoms with Crippen LogP contribution in [0.4, 0.5) is 8.78 Å². The van der Waals surface area contributed by atoms with Crippen molar-refractivity contribution < 1.29 is 28.5 Å². The van der Waals surface area contributed by atoms with Crippen molar-refractivity contribution in [1.82, 2.24) is 0 Å². The van der Waals surface area contributed by atoms with Crippen LogP contribution in [0, 0.1) is 0 Å². The number of hydrogen-bond donors (Lipinski definition) is 2. The standard InChI is InChI=1S/C10H10F2O2.CH2O2/c11-10(12)14-9-3-1-2-6-7(9)4-5-8(6)13;2-1-3/h1-3,8,10,13H,4-5H2;1H,(H,2,3)/t8-;/m0./s1. The lowest BCUT2D eigenvalue weighted by Crippen LogP contribution is -2.04. The summed E-state index contributed by atoms with van der Waals surface area (Å²) in [5.74, 6) is 0.189. The van der Waals surface area contributed by atoms with Crippen LogP contribution in [-0.2, 0) is 11.2 Å². The number of aliphatic hydroxyl groups is 1. The molecule has 0 fully saturated rings. The molecule has 2 rings (SSSR count). The maximum atomic E-state index is 12.0. The number of rotatable bonds is 2. The summed E-state index contributed by atoms with van der Waals surface area (Å²) in [5.41, 5.74) is 1.42. The molecule has 0 heterocycles. The molecule has 4 nitrogen and oxygen atoms in total. The van der Waals surface area contributed by atoms with Gasteiger partial charge in [0.2, 0.25) is 0 Å². The number of benzene rings is 1. The molecular formula is C11H12F2O4. The first kappa shape index (κ1) is 13.4. The van der Waals surface area contributed by atoms with Gasteiger partial charge in [-0.05, 0) is 24.5 Å². The highest BCUT2D eigenvalue weighted by Gasteiger charge is 2.24. The Kier molecular flexibility index (Phi) is 4.84. The van der Waals surface area contributed by atoms with Gasteiger partial charge < -0.3 is 14.9 Å². The molecule has 94 valence electrons. The van der Waals surface area contributed by atoms with Crippen molar-refractivity contribution in [1.29, 1.82) is 0 Å². The predicted octanol–water partition coefficient (Wildman–Crippen LogP) is 1.97. The Morgan fingerprint density at radius 2 is 2.12 bits per heavy atom. The van der Waals surface area contributed by atoms with Gasteiger partial charge in [-0.15, -0.1) is 0 Å². The van der Waals surface area contributed by atoms with E-state index in [4.69, 9.17) is 9.90 Å². The fourth-order valence-electron chi connectivity index (χ4n) is 1.81. The van der Waals surface area contributed by atoms with E-state index in [1.807, 2.05) is 0 Å². The van der Waals surface area contributed by atoms with Crippen LogP contribution in [0.1, 0.15) is 23.7 Å². The second kappa shape index (κ2) is 6.15. The van der Waals surface area contributed by atoms with Crippen LogP contribution in [0.15, 0.2) is 18.2 Å². The number of hydrogen-bond acceptors (Lipinski definition) is 3. The second-order valence-corrected chi connectivity index (χ2v) is 3.36. The van der Waals surface area contributed by atoms with Crippen LogP contribution >= 0.6 is 0 Å². The lowest BCUT2D eigenvalue weighted by Gasteiger charge is -2.09. The average molecular weight is 246 g/mol. The van der Waals surface area contributed by atoms with Gasteiger partial charge >= 0.3 is 6.61 Å². The lowest BCUT2D eigenvalue weighted by molar-refractivity contribution is -0.122. The molecule has 1 aliphatic rings. The topological polar surface area (TPSA) is 66.8 Å². The monoisotopic (exact) mass is 246 g/mol. The zero-order valence-electron chi connectivity index (χ0n) is 8.85. The number of fused-ring (bicyclic) bond motifs is 1. The van der Waals surface area contributed by atoms with Crippen LogP contribution in [0.5, 0.6) is 5.75 Å². The molecule has 1 aromatic carbocycles. The summed E-state index contributed by atoms with van der Waals surface area (Å²) in [6.45, 7) is -3.06. The fraction of sp³-hybridized carbons (Fsp3) is 0.364. The van der Waals surface area contributed by atoms with Gasteiger partial charge in [0.15, 0.2) is 0 Å². The van der Waals surface area contributed by atoms with Crippen molar-refractivity contribution in [3.8, 4) is 5.75 Å². The Morgan fingerprint density at radius 1 is 1.47 bits per heavy atom. The Hall–Kier alpha value is -1.69. The Balaban J connectivity index is 0.000000437. The Bertz CT molecular complexity index is 382. The average Bonchev–Trinajstić information content (AvgIpc) is 2.62. The quantitative estimate of drug-likeness (QED) is 0.783. The summed E-state index contributed by atoms with van der Waals surface area (Å²) in [5, 5.41) is 16.4. The van der Waals surface area contributed by atoms with Crippen molar-refractivity contribution in [2.24, 2.45) is 0 Å². The highest BCUT2D eigenvalue weighted by atomic mass is 19.3. The van der Waals surface area contributed by atoms with E-state index in [0.717, 1.165) is 0 Å². The van der Waals surface area contributed by atoms with E-state index >= 15 is 0 Å². The number of halogens is 2. The van der Waals surface area contributed by atoms with E-state index in [0.29, 0.717) is 24.0 Å². The van der Waals surface area contributed by atoms with Crippen molar-refractivity contribution in [3.63, 3.8) is 0 Å². The molecule has 6 heteroatoms. The van der Waals surface area contributed by atoms with Gasteiger partial charge in [0.25, 0.3) is 6.47 Å². The third-order valence-electron chi connectivity index (χ3n) is 2.41. The molecule has 0 amide bonds. The van der Waals surface area contributed by atoms with Crippen LogP contribution in [0.3, 0.4) is 0 Å². The summed E-state index contributed by atoms with van der Waals surface area (Å²) in [6.07, 6.45) is 0.643. The molecule has 2 N–H and O–H groups in total. The first-order chi connectivity index (χ1) is 8.10. The van der Waals surface area contributed by atoms with Crippen LogP contribution in [-0.4, -0.2) is 23.3 Å². The second-order valence-electron chi connectivity index (χ2n) is 3.36. The number of alkyl halides is 2. The van der Waals surface area contributed by atoms with Crippen molar-refractivity contribution in [3.05, 3.63) is 29.3 Å². The van der Waals surface area contributed by atoms with E-state index in [1.54, 1.807) is 12.1 Å². The van der Waals surface area contributed by atoms with Gasteiger partial charge in [-0.25, -0.2) is 0 Å². The molecule has 1 aromatic rings. The van der Waals surface area contributed by atoms with Crippen LogP contribution in [0.25, 0.3) is 0 Å². The van der Waals surface area contributed by atoms with E-state index in [1.165, 1.54) is 6.07 Å². The van der Waals surface area contributed by atoms with Gasteiger partial charge in [0.05, 0.1) is 6.10 Å². The van der Waals surface area contributed by atoms with Gasteiger partial charge in [-0.3, -0.25) is 4.79 Å². The number of carboxylic acid groups (broad SMARTS) is 1. The summed E-state index contributed by atoms with van der Waals surface area (Å²) in [7, 11) is 0. The molecule has 17 heavy (non-hydrogen) atoms. The van der Waals surface area contributed by atoms with E-state index in [-0.39, 0.29) is 12.2 Å². The first-order valence-corrected chi connectivity index (χ1v) is 4.92. The minimum atomic E-state index is -2.81. The van der Waals surface area contributed by atoms with Gasteiger partial charge in [0.1, 0.15) is 5.75 Å². The smallest absolute Gasteiger partial charge is 0.387 e. The highest BCUT2D eigenvalue weighted by molar-refractivity contribution is 5.44. The van der Waals surface area contributed by atoms with Crippen molar-refractivity contribution in [2.75, 3.05) is 0 Å². The molecule has 0 unspecified atom stereocenters. The summed E-state index contributed by atoms with van der Waals surface area (Å²) in [6, 6.07) is 4.86. The Labute approximate surface area is 96.5 Å². The van der Waals surface area contributed by atoms with Gasteiger partial charge in [0, 0.05) is 5.56 Å². The number of carbonyl (C=O) groups is 1. The molecule has 0 aliphatic heterocycles. The molecule has 0 saturated carbocycles. The maximum Gasteiger partial charge on any atom is 0.387 e. The zero-order valence-corrected chi connectivity index (χ0v) is 8.85. The molecule has 0 radical (unpaired) electrons. The minimum Gasteiger partial charge on any atom is -0.483 e. The first-order valence-electron chi connectivity index (χ1n) is 4.92. The minimum absolute atomic E-state index is 0.189. The van der Waals surface area contributed by atoms with Crippen molar-refractivity contribution in [2.45, 2.75) is 25.6 Å². The fourth-order valence-corrected chi connectivity index (χ4v) is 1.81. The van der Waals surface area contributed by atoms with Gasteiger partial charge in [-0.2, -0.15) is 8.78 Å². The lowest BCUT2D eigenvalue weighted by atomic mass is 10.1. The molecule has 1 aliphatic carbocycles. The van der Waals surface area contributed by atoms with Gasteiger partial charge in [-0.1, -0.05) is 12.1 Å². The summed E-state index contributed by atoms with van der Waals surface area (Å²) in [4.78, 5) is 8.36. The Morgan fingerprint density at radius 3 is 2.71 bits per heavy atom. The van der Waals surface area contributed by atoms with Crippen LogP contribution < -0.4 is 4.74 Å². The summed E-state index contributed by atoms with van der Waals surface area (Å²) >= 11 is 0. The molecule has 0 saturated heterocycles. The van der Waals surface area contributed by atoms with Crippen molar-refractivity contribution >= 4 is 6.47 Å². The molecule has 0 aromatic heterocycles. The van der Waals surface area contributed by atoms with Crippen LogP contribution in [0.2, 0.25) is 0 Å². The normalized spacial score (nSPS) is 17.1. The van der Waals surface area contributed by atoms with E-state index < -0.39 is 12.7 Å². The zero-order chi connectivity index (χ0) is 12.8. The highest BCUT2D eigenvalue weighted by Crippen LogP contribution is 2.37. The third-order valence-corrected chi connectivity index (χ3v) is 2.41. The molecule has 0 spiro atoms.